The van der Waals surface area contributed by atoms with Crippen molar-refractivity contribution in [2.45, 2.75) is 13.0 Å². The van der Waals surface area contributed by atoms with Crippen molar-refractivity contribution in [3.05, 3.63) is 54.1 Å². The minimum absolute atomic E-state index is 0.198. The van der Waals surface area contributed by atoms with E-state index in [4.69, 9.17) is 5.26 Å². The minimum atomic E-state index is -0.314. The lowest BCUT2D eigenvalue weighted by atomic mass is 10.0. The van der Waals surface area contributed by atoms with Crippen molar-refractivity contribution >= 4 is 5.97 Å². The number of carbonyl (C=O) groups excluding carboxylic acids is 1. The molecule has 0 amide bonds. The molecule has 25 heavy (non-hydrogen) atoms. The van der Waals surface area contributed by atoms with Gasteiger partial charge >= 0.3 is 5.97 Å². The van der Waals surface area contributed by atoms with Crippen molar-refractivity contribution < 1.29 is 9.53 Å². The molecule has 0 unspecified atom stereocenters. The van der Waals surface area contributed by atoms with Crippen LogP contribution in [0.5, 0.6) is 0 Å². The molecule has 0 aliphatic rings. The number of aryl methyl sites for hydroxylation is 1. The molecule has 0 aliphatic heterocycles. The van der Waals surface area contributed by atoms with E-state index in [1.807, 2.05) is 36.4 Å². The molecule has 0 atom stereocenters. The molecule has 0 aliphatic carbocycles. The number of hydrogen-bond donors (Lipinski definition) is 0. The number of rotatable bonds is 5. The Kier molecular flexibility index (Phi) is 4.81. The number of nitriles is 1. The molecule has 0 saturated heterocycles. The number of benzene rings is 2. The number of aromatic nitrogens is 4. The van der Waals surface area contributed by atoms with Gasteiger partial charge in [-0.15, -0.1) is 10.2 Å². The monoisotopic (exact) mass is 333 g/mol. The van der Waals surface area contributed by atoms with E-state index in [9.17, 15) is 4.79 Å². The summed E-state index contributed by atoms with van der Waals surface area (Å²) in [5.41, 5.74) is 3.53. The van der Waals surface area contributed by atoms with Gasteiger partial charge in [0.05, 0.1) is 31.7 Å². The van der Waals surface area contributed by atoms with E-state index in [1.165, 1.54) is 11.9 Å². The van der Waals surface area contributed by atoms with E-state index in [-0.39, 0.29) is 12.4 Å². The average Bonchev–Trinajstić information content (AvgIpc) is 3.15. The summed E-state index contributed by atoms with van der Waals surface area (Å²) in [6.45, 7) is 0.322. The van der Waals surface area contributed by atoms with Gasteiger partial charge in [0.1, 0.15) is 0 Å². The standard InChI is InChI=1S/C18H15N5O2/c1-25-17(24)10-11-23-21-18(20-22-23)16-8-6-15(7-9-16)14-4-2-13(12-19)3-5-14/h2-9H,10-11H2,1H3. The first-order valence-corrected chi connectivity index (χ1v) is 7.65. The van der Waals surface area contributed by atoms with E-state index >= 15 is 0 Å². The summed E-state index contributed by atoms with van der Waals surface area (Å²) < 4.78 is 4.59. The Morgan fingerprint density at radius 3 is 2.28 bits per heavy atom. The van der Waals surface area contributed by atoms with Crippen LogP contribution in [0.25, 0.3) is 22.5 Å². The van der Waals surface area contributed by atoms with E-state index in [0.717, 1.165) is 16.7 Å². The van der Waals surface area contributed by atoms with Crippen molar-refractivity contribution in [3.63, 3.8) is 0 Å². The summed E-state index contributed by atoms with van der Waals surface area (Å²) in [6, 6.07) is 17.3. The Labute approximate surface area is 144 Å². The number of ether oxygens (including phenoxy) is 1. The Balaban J connectivity index is 1.73. The quantitative estimate of drug-likeness (QED) is 0.666. The lowest BCUT2D eigenvalue weighted by molar-refractivity contribution is -0.140. The Hall–Kier alpha value is -3.53. The summed E-state index contributed by atoms with van der Waals surface area (Å²) in [5, 5.41) is 21.1. The van der Waals surface area contributed by atoms with E-state index in [0.29, 0.717) is 17.9 Å². The van der Waals surface area contributed by atoms with Crippen LogP contribution in [-0.4, -0.2) is 33.3 Å². The third-order valence-corrected chi connectivity index (χ3v) is 3.69. The van der Waals surface area contributed by atoms with E-state index in [2.05, 4.69) is 26.2 Å². The third kappa shape index (κ3) is 3.87. The highest BCUT2D eigenvalue weighted by Crippen LogP contribution is 2.23. The van der Waals surface area contributed by atoms with Crippen LogP contribution in [-0.2, 0) is 16.1 Å². The molecule has 0 spiro atoms. The molecule has 0 saturated carbocycles. The normalized spacial score (nSPS) is 10.2. The smallest absolute Gasteiger partial charge is 0.307 e. The molecule has 124 valence electrons. The van der Waals surface area contributed by atoms with Crippen LogP contribution in [0.4, 0.5) is 0 Å². The molecular weight excluding hydrogens is 318 g/mol. The fraction of sp³-hybridized carbons (Fsp3) is 0.167. The topological polar surface area (TPSA) is 93.7 Å². The van der Waals surface area contributed by atoms with Crippen molar-refractivity contribution in [2.24, 2.45) is 0 Å². The molecule has 0 radical (unpaired) electrons. The second kappa shape index (κ2) is 7.36. The van der Waals surface area contributed by atoms with Gasteiger partial charge < -0.3 is 4.74 Å². The molecule has 2 aromatic carbocycles. The molecule has 0 N–H and O–H groups in total. The molecule has 3 rings (SSSR count). The van der Waals surface area contributed by atoms with Gasteiger partial charge in [-0.05, 0) is 28.5 Å². The second-order valence-corrected chi connectivity index (χ2v) is 5.30. The number of nitrogens with zero attached hydrogens (tertiary/aromatic N) is 5. The lowest BCUT2D eigenvalue weighted by Gasteiger charge is -2.02. The van der Waals surface area contributed by atoms with Crippen molar-refractivity contribution in [1.82, 2.24) is 20.2 Å². The predicted molar refractivity (Wildman–Crippen MR) is 90.0 cm³/mol. The van der Waals surface area contributed by atoms with Crippen molar-refractivity contribution in [2.75, 3.05) is 7.11 Å². The Bertz CT molecular complexity index is 908. The first-order valence-electron chi connectivity index (χ1n) is 7.65. The first-order chi connectivity index (χ1) is 12.2. The minimum Gasteiger partial charge on any atom is -0.469 e. The fourth-order valence-electron chi connectivity index (χ4n) is 2.30. The maximum Gasteiger partial charge on any atom is 0.307 e. The molecule has 0 fully saturated rings. The zero-order valence-corrected chi connectivity index (χ0v) is 13.6. The number of hydrogen-bond acceptors (Lipinski definition) is 6. The highest BCUT2D eigenvalue weighted by atomic mass is 16.5. The molecule has 0 bridgehead atoms. The molecule has 7 heteroatoms. The van der Waals surface area contributed by atoms with Gasteiger partial charge in [-0.25, -0.2) is 0 Å². The van der Waals surface area contributed by atoms with Gasteiger partial charge in [0, 0.05) is 5.56 Å². The van der Waals surface area contributed by atoms with Gasteiger partial charge in [0.25, 0.3) is 0 Å². The summed E-state index contributed by atoms with van der Waals surface area (Å²) >= 11 is 0. The first kappa shape index (κ1) is 16.3. The van der Waals surface area contributed by atoms with Crippen LogP contribution in [0.1, 0.15) is 12.0 Å². The molecule has 1 aromatic heterocycles. The van der Waals surface area contributed by atoms with Gasteiger partial charge in [-0.3, -0.25) is 4.79 Å². The molecule has 3 aromatic rings. The summed E-state index contributed by atoms with van der Waals surface area (Å²) in [6.07, 6.45) is 0.198. The van der Waals surface area contributed by atoms with Gasteiger partial charge in [0.15, 0.2) is 0 Å². The van der Waals surface area contributed by atoms with Crippen LogP contribution in [0.2, 0.25) is 0 Å². The largest absolute Gasteiger partial charge is 0.469 e. The van der Waals surface area contributed by atoms with Gasteiger partial charge in [-0.1, -0.05) is 36.4 Å². The van der Waals surface area contributed by atoms with Crippen molar-refractivity contribution in [3.8, 4) is 28.6 Å². The van der Waals surface area contributed by atoms with Crippen LogP contribution in [0, 0.1) is 11.3 Å². The van der Waals surface area contributed by atoms with Crippen LogP contribution in [0.3, 0.4) is 0 Å². The Morgan fingerprint density at radius 1 is 1.08 bits per heavy atom. The number of carbonyl (C=O) groups is 1. The van der Waals surface area contributed by atoms with Gasteiger partial charge in [-0.2, -0.15) is 10.1 Å². The number of esters is 1. The molecular formula is C18H15N5O2. The molecule has 1 heterocycles. The van der Waals surface area contributed by atoms with Crippen LogP contribution >= 0.6 is 0 Å². The fourth-order valence-corrected chi connectivity index (χ4v) is 2.30. The maximum atomic E-state index is 11.1. The van der Waals surface area contributed by atoms with Crippen LogP contribution in [0.15, 0.2) is 48.5 Å². The highest BCUT2D eigenvalue weighted by molar-refractivity contribution is 5.69. The predicted octanol–water partition coefficient (Wildman–Crippen LogP) is 2.44. The third-order valence-electron chi connectivity index (χ3n) is 3.69. The zero-order valence-electron chi connectivity index (χ0n) is 13.6. The lowest BCUT2D eigenvalue weighted by Crippen LogP contribution is -2.09. The van der Waals surface area contributed by atoms with E-state index < -0.39 is 0 Å². The van der Waals surface area contributed by atoms with Crippen LogP contribution < -0.4 is 0 Å². The Morgan fingerprint density at radius 2 is 1.68 bits per heavy atom. The zero-order chi connectivity index (χ0) is 17.6. The summed E-state index contributed by atoms with van der Waals surface area (Å²) in [7, 11) is 1.35. The number of tetrazole rings is 1. The summed E-state index contributed by atoms with van der Waals surface area (Å²) in [4.78, 5) is 12.5. The highest BCUT2D eigenvalue weighted by Gasteiger charge is 2.08. The molecule has 7 nitrogen and oxygen atoms in total. The van der Waals surface area contributed by atoms with Gasteiger partial charge in [0.2, 0.25) is 5.82 Å². The SMILES string of the molecule is COC(=O)CCn1nnc(-c2ccc(-c3ccc(C#N)cc3)cc2)n1. The maximum absolute atomic E-state index is 11.1. The van der Waals surface area contributed by atoms with E-state index in [1.54, 1.807) is 12.1 Å². The average molecular weight is 333 g/mol. The van der Waals surface area contributed by atoms with Crippen molar-refractivity contribution in [1.29, 1.82) is 5.26 Å². The summed E-state index contributed by atoms with van der Waals surface area (Å²) in [5.74, 6) is 0.182. The number of methoxy groups -OCH3 is 1. The second-order valence-electron chi connectivity index (χ2n) is 5.30.